The number of halogens is 2. The standard InChI is InChI=1S/C10H10Br2O2/c1-6(13)2-3-7-4-8(11)5-9(12)10(7)14/h4-5,14H,2-3H2,1H3. The van der Waals surface area contributed by atoms with E-state index in [2.05, 4.69) is 31.9 Å². The molecule has 0 unspecified atom stereocenters. The monoisotopic (exact) mass is 320 g/mol. The van der Waals surface area contributed by atoms with Crippen LogP contribution in [0.5, 0.6) is 5.75 Å². The highest BCUT2D eigenvalue weighted by atomic mass is 79.9. The first-order chi connectivity index (χ1) is 6.50. The SMILES string of the molecule is CC(=O)CCc1cc(Br)cc(Br)c1O. The average Bonchev–Trinajstić information content (AvgIpc) is 2.08. The normalized spacial score (nSPS) is 10.2. The van der Waals surface area contributed by atoms with Gasteiger partial charge in [0.15, 0.2) is 0 Å². The molecule has 0 aliphatic carbocycles. The lowest BCUT2D eigenvalue weighted by Gasteiger charge is -2.06. The van der Waals surface area contributed by atoms with E-state index in [1.807, 2.05) is 6.07 Å². The fourth-order valence-electron chi connectivity index (χ4n) is 1.12. The van der Waals surface area contributed by atoms with Gasteiger partial charge in [0.1, 0.15) is 11.5 Å². The van der Waals surface area contributed by atoms with Crippen molar-refractivity contribution < 1.29 is 9.90 Å². The minimum atomic E-state index is 0.125. The van der Waals surface area contributed by atoms with E-state index in [0.29, 0.717) is 17.3 Å². The van der Waals surface area contributed by atoms with Crippen LogP contribution in [0.15, 0.2) is 21.1 Å². The molecule has 0 saturated carbocycles. The number of ketones is 1. The van der Waals surface area contributed by atoms with E-state index >= 15 is 0 Å². The Bertz CT molecular complexity index is 361. The number of phenolic OH excluding ortho intramolecular Hbond substituents is 1. The van der Waals surface area contributed by atoms with Gasteiger partial charge >= 0.3 is 0 Å². The third kappa shape index (κ3) is 3.10. The van der Waals surface area contributed by atoms with E-state index in [9.17, 15) is 9.90 Å². The van der Waals surface area contributed by atoms with Gasteiger partial charge in [-0.3, -0.25) is 0 Å². The van der Waals surface area contributed by atoms with E-state index in [4.69, 9.17) is 0 Å². The summed E-state index contributed by atoms with van der Waals surface area (Å²) in [5.41, 5.74) is 0.779. The lowest BCUT2D eigenvalue weighted by atomic mass is 10.1. The molecule has 14 heavy (non-hydrogen) atoms. The molecule has 0 aliphatic heterocycles. The van der Waals surface area contributed by atoms with E-state index in [1.54, 1.807) is 13.0 Å². The van der Waals surface area contributed by atoms with Crippen LogP contribution in [0.2, 0.25) is 0 Å². The van der Waals surface area contributed by atoms with E-state index in [1.165, 1.54) is 0 Å². The van der Waals surface area contributed by atoms with Crippen LogP contribution in [-0.2, 0) is 11.2 Å². The quantitative estimate of drug-likeness (QED) is 0.926. The number of benzene rings is 1. The first kappa shape index (κ1) is 11.7. The Kier molecular flexibility index (Phi) is 4.13. The second-order valence-corrected chi connectivity index (χ2v) is 4.87. The summed E-state index contributed by atoms with van der Waals surface area (Å²) < 4.78 is 1.53. The highest BCUT2D eigenvalue weighted by Crippen LogP contribution is 2.32. The predicted octanol–water partition coefficient (Wildman–Crippen LogP) is 3.44. The highest BCUT2D eigenvalue weighted by Gasteiger charge is 2.07. The van der Waals surface area contributed by atoms with Crippen LogP contribution in [0.1, 0.15) is 18.9 Å². The van der Waals surface area contributed by atoms with Crippen molar-refractivity contribution in [1.29, 1.82) is 0 Å². The summed E-state index contributed by atoms with van der Waals surface area (Å²) >= 11 is 6.57. The molecule has 0 atom stereocenters. The molecule has 2 nitrogen and oxygen atoms in total. The average molecular weight is 322 g/mol. The van der Waals surface area contributed by atoms with Gasteiger partial charge in [0.25, 0.3) is 0 Å². The van der Waals surface area contributed by atoms with Gasteiger partial charge in [-0.15, -0.1) is 0 Å². The molecule has 76 valence electrons. The largest absolute Gasteiger partial charge is 0.506 e. The Morgan fingerprint density at radius 1 is 1.43 bits per heavy atom. The van der Waals surface area contributed by atoms with Gasteiger partial charge in [0, 0.05) is 10.9 Å². The van der Waals surface area contributed by atoms with Crippen LogP contribution in [0.4, 0.5) is 0 Å². The van der Waals surface area contributed by atoms with Crippen molar-refractivity contribution in [3.05, 3.63) is 26.6 Å². The maximum absolute atomic E-state index is 10.8. The van der Waals surface area contributed by atoms with Crippen molar-refractivity contribution in [3.63, 3.8) is 0 Å². The maximum atomic E-state index is 10.8. The zero-order valence-corrected chi connectivity index (χ0v) is 10.9. The van der Waals surface area contributed by atoms with E-state index in [-0.39, 0.29) is 11.5 Å². The molecule has 0 aromatic heterocycles. The van der Waals surface area contributed by atoms with Gasteiger partial charge in [0.2, 0.25) is 0 Å². The smallest absolute Gasteiger partial charge is 0.133 e. The molecule has 0 heterocycles. The minimum absolute atomic E-state index is 0.125. The number of carbonyl (C=O) groups excluding carboxylic acids is 1. The predicted molar refractivity (Wildman–Crippen MR) is 62.5 cm³/mol. The minimum Gasteiger partial charge on any atom is -0.506 e. The second kappa shape index (κ2) is 4.94. The summed E-state index contributed by atoms with van der Waals surface area (Å²) in [7, 11) is 0. The number of rotatable bonds is 3. The molecule has 0 bridgehead atoms. The van der Waals surface area contributed by atoms with Crippen LogP contribution in [-0.4, -0.2) is 10.9 Å². The molecule has 0 spiro atoms. The van der Waals surface area contributed by atoms with Gasteiger partial charge in [-0.05, 0) is 47.0 Å². The first-order valence-corrected chi connectivity index (χ1v) is 5.75. The topological polar surface area (TPSA) is 37.3 Å². The van der Waals surface area contributed by atoms with E-state index < -0.39 is 0 Å². The number of Topliss-reactive ketones (excluding diaryl/α,β-unsaturated/α-hetero) is 1. The zero-order valence-electron chi connectivity index (χ0n) is 7.68. The van der Waals surface area contributed by atoms with Gasteiger partial charge in [0.05, 0.1) is 4.47 Å². The fraction of sp³-hybridized carbons (Fsp3) is 0.300. The van der Waals surface area contributed by atoms with Crippen LogP contribution in [0, 0.1) is 0 Å². The third-order valence-corrected chi connectivity index (χ3v) is 2.92. The van der Waals surface area contributed by atoms with Gasteiger partial charge in [-0.25, -0.2) is 0 Å². The Hall–Kier alpha value is -0.350. The van der Waals surface area contributed by atoms with Crippen LogP contribution in [0.3, 0.4) is 0 Å². The van der Waals surface area contributed by atoms with Crippen molar-refractivity contribution in [3.8, 4) is 5.75 Å². The Morgan fingerprint density at radius 2 is 2.07 bits per heavy atom. The molecule has 0 saturated heterocycles. The number of aromatic hydroxyl groups is 1. The summed E-state index contributed by atoms with van der Waals surface area (Å²) in [6.07, 6.45) is 1.02. The van der Waals surface area contributed by atoms with E-state index in [0.717, 1.165) is 10.0 Å². The Morgan fingerprint density at radius 3 is 2.64 bits per heavy atom. The van der Waals surface area contributed by atoms with Crippen LogP contribution >= 0.6 is 31.9 Å². The molecular weight excluding hydrogens is 312 g/mol. The van der Waals surface area contributed by atoms with Crippen LogP contribution < -0.4 is 0 Å². The lowest BCUT2D eigenvalue weighted by molar-refractivity contribution is -0.116. The number of aryl methyl sites for hydroxylation is 1. The van der Waals surface area contributed by atoms with Crippen molar-refractivity contribution >= 4 is 37.6 Å². The van der Waals surface area contributed by atoms with Crippen molar-refractivity contribution in [2.24, 2.45) is 0 Å². The van der Waals surface area contributed by atoms with Crippen molar-refractivity contribution in [2.75, 3.05) is 0 Å². The molecule has 1 aromatic carbocycles. The van der Waals surface area contributed by atoms with Crippen molar-refractivity contribution in [2.45, 2.75) is 19.8 Å². The molecule has 1 aromatic rings. The summed E-state index contributed by atoms with van der Waals surface area (Å²) in [4.78, 5) is 10.8. The number of hydrogen-bond acceptors (Lipinski definition) is 2. The molecule has 0 amide bonds. The highest BCUT2D eigenvalue weighted by molar-refractivity contribution is 9.11. The lowest BCUT2D eigenvalue weighted by Crippen LogP contribution is -1.94. The number of phenols is 1. The second-order valence-electron chi connectivity index (χ2n) is 3.10. The third-order valence-electron chi connectivity index (χ3n) is 1.85. The molecule has 4 heteroatoms. The fourth-order valence-corrected chi connectivity index (χ4v) is 2.43. The maximum Gasteiger partial charge on any atom is 0.133 e. The number of hydrogen-bond donors (Lipinski definition) is 1. The molecule has 1 rings (SSSR count). The molecule has 0 radical (unpaired) electrons. The Balaban J connectivity index is 2.90. The van der Waals surface area contributed by atoms with Crippen LogP contribution in [0.25, 0.3) is 0 Å². The summed E-state index contributed by atoms with van der Waals surface area (Å²) in [6, 6.07) is 3.59. The van der Waals surface area contributed by atoms with Crippen molar-refractivity contribution in [1.82, 2.24) is 0 Å². The summed E-state index contributed by atoms with van der Waals surface area (Å²) in [6.45, 7) is 1.55. The molecule has 0 fully saturated rings. The van der Waals surface area contributed by atoms with Gasteiger partial charge in [-0.2, -0.15) is 0 Å². The first-order valence-electron chi connectivity index (χ1n) is 4.17. The van der Waals surface area contributed by atoms with Gasteiger partial charge in [-0.1, -0.05) is 15.9 Å². The summed E-state index contributed by atoms with van der Waals surface area (Å²) in [5.74, 6) is 0.343. The molecular formula is C10H10Br2O2. The van der Waals surface area contributed by atoms with Gasteiger partial charge < -0.3 is 9.90 Å². The number of carbonyl (C=O) groups is 1. The summed E-state index contributed by atoms with van der Waals surface area (Å²) in [5, 5.41) is 9.66. The Labute approximate surface area is 99.6 Å². The zero-order chi connectivity index (χ0) is 10.7. The molecule has 1 N–H and O–H groups in total. The molecule has 0 aliphatic rings.